The van der Waals surface area contributed by atoms with E-state index in [0.29, 0.717) is 4.75 Å². The summed E-state index contributed by atoms with van der Waals surface area (Å²) in [6.45, 7) is 11.0. The number of aryl methyl sites for hydroxylation is 2. The van der Waals surface area contributed by atoms with E-state index in [0.717, 1.165) is 13.1 Å². The van der Waals surface area contributed by atoms with Crippen molar-refractivity contribution in [1.29, 1.82) is 0 Å². The molecule has 0 unspecified atom stereocenters. The third-order valence-electron chi connectivity index (χ3n) is 3.78. The highest BCUT2D eigenvalue weighted by Crippen LogP contribution is 2.29. The lowest BCUT2D eigenvalue weighted by Gasteiger charge is -2.30. The van der Waals surface area contributed by atoms with Gasteiger partial charge in [-0.3, -0.25) is 0 Å². The van der Waals surface area contributed by atoms with E-state index in [-0.39, 0.29) is 0 Å². The zero-order valence-corrected chi connectivity index (χ0v) is 13.3. The Hall–Kier alpha value is -0.470. The minimum Gasteiger partial charge on any atom is -0.311 e. The van der Waals surface area contributed by atoms with Gasteiger partial charge < -0.3 is 5.32 Å². The molecule has 0 aliphatic heterocycles. The molecular weight excluding hydrogens is 238 g/mol. The smallest absolute Gasteiger partial charge is 0.0276 e. The Labute approximate surface area is 117 Å². The molecule has 18 heavy (non-hydrogen) atoms. The molecule has 1 aromatic rings. The van der Waals surface area contributed by atoms with Crippen LogP contribution in [0.2, 0.25) is 0 Å². The fraction of sp³-hybridized carbons (Fsp3) is 0.625. The maximum absolute atomic E-state index is 3.63. The first-order valence-electron chi connectivity index (χ1n) is 6.88. The monoisotopic (exact) mass is 265 g/mol. The SMILES string of the molecule is CCC(CC)(CNCc1cc(C)cc(C)c1)SC. The van der Waals surface area contributed by atoms with Crippen molar-refractivity contribution < 1.29 is 0 Å². The van der Waals surface area contributed by atoms with Crippen LogP contribution in [0, 0.1) is 13.8 Å². The summed E-state index contributed by atoms with van der Waals surface area (Å²) < 4.78 is 0.402. The minimum absolute atomic E-state index is 0.402. The van der Waals surface area contributed by atoms with Crippen LogP contribution in [0.15, 0.2) is 18.2 Å². The van der Waals surface area contributed by atoms with E-state index in [1.165, 1.54) is 29.5 Å². The first-order valence-corrected chi connectivity index (χ1v) is 8.10. The summed E-state index contributed by atoms with van der Waals surface area (Å²) in [5.74, 6) is 0. The highest BCUT2D eigenvalue weighted by atomic mass is 32.2. The lowest BCUT2D eigenvalue weighted by Crippen LogP contribution is -2.36. The van der Waals surface area contributed by atoms with Crippen molar-refractivity contribution in [1.82, 2.24) is 5.32 Å². The molecule has 0 spiro atoms. The maximum atomic E-state index is 3.63. The van der Waals surface area contributed by atoms with Crippen LogP contribution >= 0.6 is 11.8 Å². The molecule has 1 N–H and O–H groups in total. The summed E-state index contributed by atoms with van der Waals surface area (Å²) >= 11 is 2.00. The predicted octanol–water partition coefficient (Wildman–Crippen LogP) is 4.31. The summed E-state index contributed by atoms with van der Waals surface area (Å²) in [6.07, 6.45) is 4.68. The van der Waals surface area contributed by atoms with Crippen LogP contribution in [-0.2, 0) is 6.54 Å². The lowest BCUT2D eigenvalue weighted by molar-refractivity contribution is 0.495. The quantitative estimate of drug-likeness (QED) is 0.788. The molecule has 0 saturated carbocycles. The van der Waals surface area contributed by atoms with Crippen molar-refractivity contribution >= 4 is 11.8 Å². The number of nitrogens with one attached hydrogen (secondary N) is 1. The van der Waals surface area contributed by atoms with E-state index in [4.69, 9.17) is 0 Å². The van der Waals surface area contributed by atoms with Crippen LogP contribution < -0.4 is 5.32 Å². The number of benzene rings is 1. The first-order chi connectivity index (χ1) is 8.55. The van der Waals surface area contributed by atoms with Gasteiger partial charge in [-0.2, -0.15) is 11.8 Å². The van der Waals surface area contributed by atoms with Crippen molar-refractivity contribution in [3.8, 4) is 0 Å². The van der Waals surface area contributed by atoms with Gasteiger partial charge in [0.2, 0.25) is 0 Å². The molecular formula is C16H27NS. The third kappa shape index (κ3) is 4.33. The number of hydrogen-bond acceptors (Lipinski definition) is 2. The molecule has 2 heteroatoms. The fourth-order valence-electron chi connectivity index (χ4n) is 2.47. The molecule has 0 amide bonds. The zero-order valence-electron chi connectivity index (χ0n) is 12.5. The average molecular weight is 265 g/mol. The summed E-state index contributed by atoms with van der Waals surface area (Å²) in [5, 5.41) is 3.63. The molecule has 0 saturated heterocycles. The van der Waals surface area contributed by atoms with Crippen LogP contribution in [-0.4, -0.2) is 17.5 Å². The topological polar surface area (TPSA) is 12.0 Å². The molecule has 0 bridgehead atoms. The van der Waals surface area contributed by atoms with Gasteiger partial charge in [0, 0.05) is 17.8 Å². The molecule has 0 radical (unpaired) electrons. The van der Waals surface area contributed by atoms with Crippen LogP contribution in [0.25, 0.3) is 0 Å². The molecule has 0 heterocycles. The minimum atomic E-state index is 0.402. The van der Waals surface area contributed by atoms with Gasteiger partial charge in [-0.05, 0) is 38.5 Å². The van der Waals surface area contributed by atoms with E-state index in [2.05, 4.69) is 57.5 Å². The van der Waals surface area contributed by atoms with Crippen molar-refractivity contribution in [2.24, 2.45) is 0 Å². The normalized spacial score (nSPS) is 11.8. The second-order valence-corrected chi connectivity index (χ2v) is 6.47. The maximum Gasteiger partial charge on any atom is 0.0276 e. The summed E-state index contributed by atoms with van der Waals surface area (Å²) in [7, 11) is 0. The second kappa shape index (κ2) is 7.20. The Morgan fingerprint density at radius 3 is 2.06 bits per heavy atom. The van der Waals surface area contributed by atoms with E-state index >= 15 is 0 Å². The molecule has 1 rings (SSSR count). The predicted molar refractivity (Wildman–Crippen MR) is 84.5 cm³/mol. The van der Waals surface area contributed by atoms with Gasteiger partial charge in [-0.1, -0.05) is 43.2 Å². The van der Waals surface area contributed by atoms with E-state index < -0.39 is 0 Å². The Bertz CT molecular complexity index is 341. The molecule has 0 fully saturated rings. The van der Waals surface area contributed by atoms with Crippen LogP contribution in [0.5, 0.6) is 0 Å². The van der Waals surface area contributed by atoms with Gasteiger partial charge in [-0.15, -0.1) is 0 Å². The van der Waals surface area contributed by atoms with Crippen LogP contribution in [0.4, 0.5) is 0 Å². The number of rotatable bonds is 7. The Balaban J connectivity index is 2.55. The van der Waals surface area contributed by atoms with Gasteiger partial charge in [0.1, 0.15) is 0 Å². The van der Waals surface area contributed by atoms with Crippen molar-refractivity contribution in [3.63, 3.8) is 0 Å². The lowest BCUT2D eigenvalue weighted by atomic mass is 10.0. The second-order valence-electron chi connectivity index (χ2n) is 5.19. The first kappa shape index (κ1) is 15.6. The van der Waals surface area contributed by atoms with Crippen molar-refractivity contribution in [3.05, 3.63) is 34.9 Å². The fourth-order valence-corrected chi connectivity index (χ4v) is 3.29. The van der Waals surface area contributed by atoms with Gasteiger partial charge in [-0.25, -0.2) is 0 Å². The summed E-state index contributed by atoms with van der Waals surface area (Å²) in [5.41, 5.74) is 4.11. The van der Waals surface area contributed by atoms with E-state index in [9.17, 15) is 0 Å². The van der Waals surface area contributed by atoms with Gasteiger partial charge in [0.15, 0.2) is 0 Å². The molecule has 0 aliphatic rings. The summed E-state index contributed by atoms with van der Waals surface area (Å²) in [6, 6.07) is 6.78. The Kier molecular flexibility index (Phi) is 6.24. The molecule has 102 valence electrons. The van der Waals surface area contributed by atoms with Gasteiger partial charge in [0.05, 0.1) is 0 Å². The van der Waals surface area contributed by atoms with Gasteiger partial charge >= 0.3 is 0 Å². The van der Waals surface area contributed by atoms with Crippen molar-refractivity contribution in [2.75, 3.05) is 12.8 Å². The molecule has 0 atom stereocenters. The average Bonchev–Trinajstić information content (AvgIpc) is 2.34. The largest absolute Gasteiger partial charge is 0.311 e. The Morgan fingerprint density at radius 2 is 1.61 bits per heavy atom. The zero-order chi connectivity index (χ0) is 13.6. The van der Waals surface area contributed by atoms with Crippen molar-refractivity contribution in [2.45, 2.75) is 51.8 Å². The Morgan fingerprint density at radius 1 is 1.06 bits per heavy atom. The third-order valence-corrected chi connectivity index (χ3v) is 5.37. The highest BCUT2D eigenvalue weighted by molar-refractivity contribution is 8.00. The highest BCUT2D eigenvalue weighted by Gasteiger charge is 2.23. The van der Waals surface area contributed by atoms with E-state index in [1.807, 2.05) is 11.8 Å². The number of hydrogen-bond donors (Lipinski definition) is 1. The molecule has 1 aromatic carbocycles. The number of thioether (sulfide) groups is 1. The molecule has 1 nitrogen and oxygen atoms in total. The van der Waals surface area contributed by atoms with E-state index in [1.54, 1.807) is 0 Å². The molecule has 0 aliphatic carbocycles. The standard InChI is InChI=1S/C16H27NS/c1-6-16(7-2,18-5)12-17-11-15-9-13(3)8-14(4)10-15/h8-10,17H,6-7,11-12H2,1-5H3. The molecule has 0 aromatic heterocycles. The van der Waals surface area contributed by atoms with Gasteiger partial charge in [0.25, 0.3) is 0 Å². The van der Waals surface area contributed by atoms with Crippen LogP contribution in [0.3, 0.4) is 0 Å². The summed E-state index contributed by atoms with van der Waals surface area (Å²) in [4.78, 5) is 0. The van der Waals surface area contributed by atoms with Crippen LogP contribution in [0.1, 0.15) is 43.4 Å².